The van der Waals surface area contributed by atoms with Crippen molar-refractivity contribution in [2.75, 3.05) is 6.61 Å². The molecule has 0 unspecified atom stereocenters. The predicted octanol–water partition coefficient (Wildman–Crippen LogP) is 3.61. The first-order valence-electron chi connectivity index (χ1n) is 7.07. The summed E-state index contributed by atoms with van der Waals surface area (Å²) >= 11 is 3.38. The van der Waals surface area contributed by atoms with E-state index in [1.54, 1.807) is 6.20 Å². The van der Waals surface area contributed by atoms with Crippen molar-refractivity contribution >= 4 is 15.9 Å². The maximum absolute atomic E-state index is 5.72. The molecular formula is C16H22BrN3O. The van der Waals surface area contributed by atoms with E-state index >= 15 is 0 Å². The van der Waals surface area contributed by atoms with Crippen LogP contribution in [0.2, 0.25) is 0 Å². The van der Waals surface area contributed by atoms with Crippen LogP contribution in [0.5, 0.6) is 5.75 Å². The molecule has 114 valence electrons. The number of halogens is 1. The van der Waals surface area contributed by atoms with Crippen molar-refractivity contribution in [3.8, 4) is 5.75 Å². The summed E-state index contributed by atoms with van der Waals surface area (Å²) < 4.78 is 8.56. The molecular weight excluding hydrogens is 330 g/mol. The number of rotatable bonds is 6. The van der Waals surface area contributed by atoms with Crippen LogP contribution in [0.1, 0.15) is 26.3 Å². The lowest BCUT2D eigenvalue weighted by Gasteiger charge is -2.20. The van der Waals surface area contributed by atoms with Gasteiger partial charge in [0.25, 0.3) is 0 Å². The lowest BCUT2D eigenvalue weighted by atomic mass is 10.1. The second kappa shape index (κ2) is 7.09. The molecule has 0 atom stereocenters. The predicted molar refractivity (Wildman–Crippen MR) is 88.5 cm³/mol. The lowest BCUT2D eigenvalue weighted by Crippen LogP contribution is -2.35. The van der Waals surface area contributed by atoms with Crippen LogP contribution < -0.4 is 10.1 Å². The molecule has 0 aliphatic carbocycles. The van der Waals surface area contributed by atoms with E-state index in [2.05, 4.69) is 59.2 Å². The minimum absolute atomic E-state index is 0.132. The molecule has 1 aromatic heterocycles. The molecule has 0 fully saturated rings. The summed E-state index contributed by atoms with van der Waals surface area (Å²) in [6, 6.07) is 8.22. The minimum Gasteiger partial charge on any atom is -0.492 e. The molecule has 5 heteroatoms. The molecule has 0 amide bonds. The molecule has 1 aromatic carbocycles. The fourth-order valence-corrected chi connectivity index (χ4v) is 2.12. The Morgan fingerprint density at radius 3 is 2.52 bits per heavy atom. The Bertz CT molecular complexity index is 558. The average Bonchev–Trinajstić information content (AvgIpc) is 2.83. The van der Waals surface area contributed by atoms with Gasteiger partial charge in [-0.05, 0) is 54.4 Å². The Kier molecular flexibility index (Phi) is 5.42. The molecule has 1 N–H and O–H groups in total. The summed E-state index contributed by atoms with van der Waals surface area (Å²) in [5.41, 5.74) is 1.39. The van der Waals surface area contributed by atoms with Crippen LogP contribution >= 0.6 is 15.9 Å². The van der Waals surface area contributed by atoms with Crippen LogP contribution in [0.15, 0.2) is 41.1 Å². The number of hydrogen-bond donors (Lipinski definition) is 1. The number of nitrogens with one attached hydrogen (secondary N) is 1. The molecule has 0 aliphatic heterocycles. The maximum atomic E-state index is 5.72. The first kappa shape index (κ1) is 16.0. The molecule has 0 saturated heterocycles. The number of nitrogens with zero attached hydrogens (tertiary/aromatic N) is 2. The Labute approximate surface area is 134 Å². The van der Waals surface area contributed by atoms with E-state index in [1.165, 1.54) is 5.56 Å². The Balaban J connectivity index is 1.77. The van der Waals surface area contributed by atoms with Gasteiger partial charge < -0.3 is 10.1 Å². The van der Waals surface area contributed by atoms with E-state index in [1.807, 2.05) is 23.0 Å². The number of benzene rings is 1. The zero-order valence-corrected chi connectivity index (χ0v) is 14.4. The molecule has 1 heterocycles. The SMILES string of the molecule is CC(C)(C)NCc1ccc(OCCn2cc(Br)cn2)cc1. The van der Waals surface area contributed by atoms with Crippen LogP contribution in [0, 0.1) is 0 Å². The van der Waals surface area contributed by atoms with E-state index in [4.69, 9.17) is 4.74 Å². The van der Waals surface area contributed by atoms with Gasteiger partial charge in [-0.25, -0.2) is 0 Å². The highest BCUT2D eigenvalue weighted by Crippen LogP contribution is 2.13. The van der Waals surface area contributed by atoms with E-state index in [0.717, 1.165) is 23.3 Å². The van der Waals surface area contributed by atoms with Crippen molar-refractivity contribution in [1.29, 1.82) is 0 Å². The molecule has 21 heavy (non-hydrogen) atoms. The third-order valence-electron chi connectivity index (χ3n) is 2.94. The minimum atomic E-state index is 0.132. The van der Waals surface area contributed by atoms with Gasteiger partial charge in [-0.2, -0.15) is 5.10 Å². The quantitative estimate of drug-likeness (QED) is 0.863. The van der Waals surface area contributed by atoms with Crippen LogP contribution in [0.4, 0.5) is 0 Å². The Morgan fingerprint density at radius 2 is 1.95 bits per heavy atom. The van der Waals surface area contributed by atoms with Crippen molar-refractivity contribution in [1.82, 2.24) is 15.1 Å². The highest BCUT2D eigenvalue weighted by atomic mass is 79.9. The van der Waals surface area contributed by atoms with Crippen molar-refractivity contribution < 1.29 is 4.74 Å². The van der Waals surface area contributed by atoms with E-state index < -0.39 is 0 Å². The molecule has 0 bridgehead atoms. The molecule has 2 aromatic rings. The summed E-state index contributed by atoms with van der Waals surface area (Å²) in [6.07, 6.45) is 3.71. The van der Waals surface area contributed by atoms with Gasteiger partial charge in [0, 0.05) is 18.3 Å². The van der Waals surface area contributed by atoms with Gasteiger partial charge in [-0.15, -0.1) is 0 Å². The first-order chi connectivity index (χ1) is 9.92. The number of hydrogen-bond acceptors (Lipinski definition) is 3. The fourth-order valence-electron chi connectivity index (χ4n) is 1.79. The monoisotopic (exact) mass is 351 g/mol. The summed E-state index contributed by atoms with van der Waals surface area (Å²) in [5, 5.41) is 7.66. The van der Waals surface area contributed by atoms with Crippen molar-refractivity contribution in [3.05, 3.63) is 46.7 Å². The van der Waals surface area contributed by atoms with Crippen LogP contribution in [-0.4, -0.2) is 21.9 Å². The van der Waals surface area contributed by atoms with E-state index in [9.17, 15) is 0 Å². The molecule has 0 saturated carbocycles. The van der Waals surface area contributed by atoms with Crippen molar-refractivity contribution in [3.63, 3.8) is 0 Å². The van der Waals surface area contributed by atoms with Gasteiger partial charge in [0.15, 0.2) is 0 Å². The smallest absolute Gasteiger partial charge is 0.119 e. The highest BCUT2D eigenvalue weighted by molar-refractivity contribution is 9.10. The Morgan fingerprint density at radius 1 is 1.24 bits per heavy atom. The normalized spacial score (nSPS) is 11.6. The topological polar surface area (TPSA) is 39.1 Å². The average molecular weight is 352 g/mol. The summed E-state index contributed by atoms with van der Waals surface area (Å²) in [6.45, 7) is 8.70. The van der Waals surface area contributed by atoms with Gasteiger partial charge in [-0.1, -0.05) is 12.1 Å². The summed E-state index contributed by atoms with van der Waals surface area (Å²) in [4.78, 5) is 0. The second-order valence-electron chi connectivity index (χ2n) is 6.02. The van der Waals surface area contributed by atoms with Gasteiger partial charge >= 0.3 is 0 Å². The molecule has 0 radical (unpaired) electrons. The highest BCUT2D eigenvalue weighted by Gasteiger charge is 2.08. The largest absolute Gasteiger partial charge is 0.492 e. The van der Waals surface area contributed by atoms with Crippen molar-refractivity contribution in [2.45, 2.75) is 39.4 Å². The third-order valence-corrected chi connectivity index (χ3v) is 3.35. The number of ether oxygens (including phenoxy) is 1. The van der Waals surface area contributed by atoms with E-state index in [-0.39, 0.29) is 5.54 Å². The third kappa shape index (κ3) is 5.89. The van der Waals surface area contributed by atoms with Crippen LogP contribution in [-0.2, 0) is 13.1 Å². The van der Waals surface area contributed by atoms with Crippen LogP contribution in [0.3, 0.4) is 0 Å². The standard InChI is InChI=1S/C16H22BrN3O/c1-16(2,3)18-10-13-4-6-15(7-5-13)21-9-8-20-12-14(17)11-19-20/h4-7,11-12,18H,8-10H2,1-3H3. The van der Waals surface area contributed by atoms with Crippen molar-refractivity contribution in [2.24, 2.45) is 0 Å². The van der Waals surface area contributed by atoms with Crippen LogP contribution in [0.25, 0.3) is 0 Å². The fraction of sp³-hybridized carbons (Fsp3) is 0.438. The maximum Gasteiger partial charge on any atom is 0.119 e. The molecule has 0 aliphatic rings. The van der Waals surface area contributed by atoms with Gasteiger partial charge in [0.1, 0.15) is 12.4 Å². The first-order valence-corrected chi connectivity index (χ1v) is 7.86. The zero-order chi connectivity index (χ0) is 15.3. The van der Waals surface area contributed by atoms with Gasteiger partial charge in [0.05, 0.1) is 17.2 Å². The molecule has 4 nitrogen and oxygen atoms in total. The van der Waals surface area contributed by atoms with Gasteiger partial charge in [-0.3, -0.25) is 4.68 Å². The van der Waals surface area contributed by atoms with Gasteiger partial charge in [0.2, 0.25) is 0 Å². The summed E-state index contributed by atoms with van der Waals surface area (Å²) in [5.74, 6) is 0.890. The van der Waals surface area contributed by atoms with E-state index in [0.29, 0.717) is 6.61 Å². The molecule has 2 rings (SSSR count). The summed E-state index contributed by atoms with van der Waals surface area (Å²) in [7, 11) is 0. The molecule has 0 spiro atoms. The zero-order valence-electron chi connectivity index (χ0n) is 12.8. The number of aromatic nitrogens is 2. The second-order valence-corrected chi connectivity index (χ2v) is 6.93. The lowest BCUT2D eigenvalue weighted by molar-refractivity contribution is 0.291. The Hall–Kier alpha value is -1.33.